The highest BCUT2D eigenvalue weighted by molar-refractivity contribution is 5.73. The molecule has 1 saturated heterocycles. The highest BCUT2D eigenvalue weighted by Gasteiger charge is 2.38. The van der Waals surface area contributed by atoms with Gasteiger partial charge in [-0.1, -0.05) is 5.16 Å². The van der Waals surface area contributed by atoms with Crippen LogP contribution >= 0.6 is 0 Å². The lowest BCUT2D eigenvalue weighted by Gasteiger charge is -2.12. The Morgan fingerprint density at radius 1 is 1.35 bits per heavy atom. The first-order valence-electron chi connectivity index (χ1n) is 8.24. The average Bonchev–Trinajstić information content (AvgIpc) is 3.28. The minimum absolute atomic E-state index is 0.615. The minimum atomic E-state index is -5.08. The summed E-state index contributed by atoms with van der Waals surface area (Å²) in [6, 6.07) is 3.97. The van der Waals surface area contributed by atoms with E-state index in [0.29, 0.717) is 5.89 Å². The van der Waals surface area contributed by atoms with Crippen molar-refractivity contribution in [2.24, 2.45) is 7.05 Å². The molecule has 10 heteroatoms. The topological polar surface area (TPSA) is 84.4 Å². The monoisotopic (exact) mass is 374 g/mol. The molecule has 7 nitrogen and oxygen atoms in total. The zero-order chi connectivity index (χ0) is 19.2. The number of aryl methyl sites for hydroxylation is 2. The first kappa shape index (κ1) is 20.0. The van der Waals surface area contributed by atoms with Crippen LogP contribution in [0.3, 0.4) is 0 Å². The maximum atomic E-state index is 10.6. The van der Waals surface area contributed by atoms with E-state index in [-0.39, 0.29) is 0 Å². The van der Waals surface area contributed by atoms with Gasteiger partial charge in [0, 0.05) is 19.7 Å². The van der Waals surface area contributed by atoms with Crippen molar-refractivity contribution in [2.75, 3.05) is 19.6 Å². The number of carboxylic acids is 1. The highest BCUT2D eigenvalue weighted by Crippen LogP contribution is 2.17. The van der Waals surface area contributed by atoms with Crippen LogP contribution < -0.4 is 0 Å². The number of alkyl halides is 3. The lowest BCUT2D eigenvalue weighted by Crippen LogP contribution is -2.21. The molecule has 0 unspecified atom stereocenters. The molecule has 0 aliphatic carbocycles. The van der Waals surface area contributed by atoms with Gasteiger partial charge >= 0.3 is 12.1 Å². The number of halogens is 3. The Morgan fingerprint density at radius 3 is 2.54 bits per heavy atom. The van der Waals surface area contributed by atoms with Crippen LogP contribution in [0.4, 0.5) is 13.2 Å². The normalized spacial score (nSPS) is 14.9. The summed E-state index contributed by atoms with van der Waals surface area (Å²) in [6.45, 7) is 3.65. The number of rotatable bonds is 5. The number of aliphatic carboxylic acids is 1. The van der Waals surface area contributed by atoms with Gasteiger partial charge in [-0.2, -0.15) is 18.2 Å². The Balaban J connectivity index is 0.000000298. The van der Waals surface area contributed by atoms with Crippen molar-refractivity contribution in [3.8, 4) is 11.6 Å². The molecule has 1 aliphatic rings. The van der Waals surface area contributed by atoms with E-state index < -0.39 is 12.1 Å². The molecule has 0 atom stereocenters. The molecule has 0 radical (unpaired) electrons. The van der Waals surface area contributed by atoms with Gasteiger partial charge in [0.1, 0.15) is 5.69 Å². The number of carbonyl (C=O) groups is 1. The van der Waals surface area contributed by atoms with Gasteiger partial charge in [-0.25, -0.2) is 4.79 Å². The second kappa shape index (κ2) is 8.84. The SMILES string of the molecule is Cn1cccc1-c1nc(CCCN2CCCC2)no1.O=C(O)C(F)(F)F. The molecule has 144 valence electrons. The van der Waals surface area contributed by atoms with Crippen LogP contribution in [-0.2, 0) is 18.3 Å². The van der Waals surface area contributed by atoms with Crippen LogP contribution in [0.15, 0.2) is 22.9 Å². The molecule has 1 fully saturated rings. The van der Waals surface area contributed by atoms with Crippen molar-refractivity contribution in [3.63, 3.8) is 0 Å². The maximum absolute atomic E-state index is 10.6. The molecule has 26 heavy (non-hydrogen) atoms. The van der Waals surface area contributed by atoms with Crippen molar-refractivity contribution in [1.82, 2.24) is 19.6 Å². The quantitative estimate of drug-likeness (QED) is 0.866. The molecule has 1 N–H and O–H groups in total. The van der Waals surface area contributed by atoms with Crippen LogP contribution in [0.5, 0.6) is 0 Å². The summed E-state index contributed by atoms with van der Waals surface area (Å²) in [5, 5.41) is 11.2. The van der Waals surface area contributed by atoms with Gasteiger partial charge in [0.2, 0.25) is 0 Å². The van der Waals surface area contributed by atoms with Gasteiger partial charge in [0.25, 0.3) is 5.89 Å². The van der Waals surface area contributed by atoms with Crippen LogP contribution in [0.25, 0.3) is 11.6 Å². The summed E-state index contributed by atoms with van der Waals surface area (Å²) in [4.78, 5) is 15.9. The Kier molecular flexibility index (Phi) is 6.78. The predicted octanol–water partition coefficient (Wildman–Crippen LogP) is 2.74. The summed E-state index contributed by atoms with van der Waals surface area (Å²) in [5.41, 5.74) is 0.971. The van der Waals surface area contributed by atoms with Gasteiger partial charge in [-0.15, -0.1) is 0 Å². The molecule has 0 saturated carbocycles. The Morgan fingerprint density at radius 2 is 2.00 bits per heavy atom. The molecule has 0 spiro atoms. The standard InChI is InChI=1S/C14H20N4O.C2HF3O2/c1-17-8-4-6-12(17)14-15-13(16-19-14)7-5-11-18-9-2-3-10-18;3-2(4,5)1(6)7/h4,6,8H,2-3,5,7,9-11H2,1H3;(H,6,7). The summed E-state index contributed by atoms with van der Waals surface area (Å²) in [6.07, 6.45) is 1.59. The number of nitrogens with zero attached hydrogens (tertiary/aromatic N) is 4. The van der Waals surface area contributed by atoms with E-state index in [1.165, 1.54) is 25.9 Å². The second-order valence-corrected chi connectivity index (χ2v) is 5.98. The Hall–Kier alpha value is -2.36. The minimum Gasteiger partial charge on any atom is -0.475 e. The van der Waals surface area contributed by atoms with Crippen LogP contribution in [0.1, 0.15) is 25.1 Å². The van der Waals surface area contributed by atoms with Crippen LogP contribution in [0.2, 0.25) is 0 Å². The smallest absolute Gasteiger partial charge is 0.475 e. The zero-order valence-electron chi connectivity index (χ0n) is 14.4. The fraction of sp³-hybridized carbons (Fsp3) is 0.562. The summed E-state index contributed by atoms with van der Waals surface area (Å²) < 4.78 is 39.0. The third kappa shape index (κ3) is 5.87. The fourth-order valence-electron chi connectivity index (χ4n) is 2.61. The van der Waals surface area contributed by atoms with Gasteiger partial charge < -0.3 is 19.1 Å². The molecule has 2 aromatic heterocycles. The van der Waals surface area contributed by atoms with E-state index >= 15 is 0 Å². The second-order valence-electron chi connectivity index (χ2n) is 5.98. The molecular weight excluding hydrogens is 353 g/mol. The molecule has 0 bridgehead atoms. The number of likely N-dealkylation sites (tertiary alicyclic amines) is 1. The maximum Gasteiger partial charge on any atom is 0.490 e. The Labute approximate surface area is 148 Å². The molecular formula is C16H21F3N4O3. The van der Waals surface area contributed by atoms with Crippen molar-refractivity contribution in [2.45, 2.75) is 31.9 Å². The number of carboxylic acid groups (broad SMARTS) is 1. The average molecular weight is 374 g/mol. The fourth-order valence-corrected chi connectivity index (χ4v) is 2.61. The number of aromatic nitrogens is 3. The summed E-state index contributed by atoms with van der Waals surface area (Å²) in [7, 11) is 1.98. The van der Waals surface area contributed by atoms with E-state index in [1.807, 2.05) is 29.9 Å². The van der Waals surface area contributed by atoms with E-state index in [9.17, 15) is 13.2 Å². The van der Waals surface area contributed by atoms with Crippen LogP contribution in [0, 0.1) is 0 Å². The van der Waals surface area contributed by atoms with E-state index in [0.717, 1.165) is 30.9 Å². The van der Waals surface area contributed by atoms with Crippen molar-refractivity contribution in [3.05, 3.63) is 24.2 Å². The number of hydrogen-bond donors (Lipinski definition) is 1. The third-order valence-electron chi connectivity index (χ3n) is 3.95. The van der Waals surface area contributed by atoms with E-state index in [1.54, 1.807) is 0 Å². The summed E-state index contributed by atoms with van der Waals surface area (Å²) in [5.74, 6) is -1.33. The third-order valence-corrected chi connectivity index (χ3v) is 3.95. The Bertz CT molecular complexity index is 706. The molecule has 2 aromatic rings. The molecule has 0 amide bonds. The lowest BCUT2D eigenvalue weighted by molar-refractivity contribution is -0.192. The lowest BCUT2D eigenvalue weighted by atomic mass is 10.3. The predicted molar refractivity (Wildman–Crippen MR) is 86.4 cm³/mol. The molecule has 1 aliphatic heterocycles. The van der Waals surface area contributed by atoms with Gasteiger partial charge in [0.05, 0.1) is 0 Å². The first-order chi connectivity index (χ1) is 12.3. The van der Waals surface area contributed by atoms with Crippen molar-refractivity contribution >= 4 is 5.97 Å². The van der Waals surface area contributed by atoms with E-state index in [4.69, 9.17) is 14.4 Å². The zero-order valence-corrected chi connectivity index (χ0v) is 14.4. The molecule has 3 heterocycles. The highest BCUT2D eigenvalue weighted by atomic mass is 19.4. The first-order valence-corrected chi connectivity index (χ1v) is 8.24. The largest absolute Gasteiger partial charge is 0.490 e. The van der Waals surface area contributed by atoms with Crippen molar-refractivity contribution < 1.29 is 27.6 Å². The van der Waals surface area contributed by atoms with E-state index in [2.05, 4.69) is 15.0 Å². The van der Waals surface area contributed by atoms with Gasteiger partial charge in [-0.05, 0) is 51.0 Å². The molecule has 0 aromatic carbocycles. The molecule has 3 rings (SSSR count). The van der Waals surface area contributed by atoms with Crippen LogP contribution in [-0.4, -0.2) is 56.5 Å². The van der Waals surface area contributed by atoms with Gasteiger partial charge in [0.15, 0.2) is 5.82 Å². The van der Waals surface area contributed by atoms with Crippen molar-refractivity contribution in [1.29, 1.82) is 0 Å². The van der Waals surface area contributed by atoms with Gasteiger partial charge in [-0.3, -0.25) is 0 Å². The summed E-state index contributed by atoms with van der Waals surface area (Å²) >= 11 is 0. The number of hydrogen-bond acceptors (Lipinski definition) is 5.